The second kappa shape index (κ2) is 10.3. The first-order valence-corrected chi connectivity index (χ1v) is 12.2. The maximum Gasteiger partial charge on any atom is 0.239 e. The topological polar surface area (TPSA) is 71.1 Å². The van der Waals surface area contributed by atoms with E-state index in [1.807, 2.05) is 88.5 Å². The molecule has 0 radical (unpaired) electrons. The molecule has 0 fully saturated rings. The van der Waals surface area contributed by atoms with Crippen molar-refractivity contribution >= 4 is 45.7 Å². The van der Waals surface area contributed by atoms with Gasteiger partial charge in [-0.3, -0.25) is 9.59 Å². The molecule has 0 aliphatic heterocycles. The molecule has 0 spiro atoms. The van der Waals surface area contributed by atoms with E-state index in [0.29, 0.717) is 11.6 Å². The van der Waals surface area contributed by atoms with Crippen molar-refractivity contribution in [2.75, 3.05) is 10.6 Å². The Balaban J connectivity index is 1.58. The second-order valence-corrected chi connectivity index (χ2v) is 11.2. The van der Waals surface area contributed by atoms with Crippen molar-refractivity contribution in [1.29, 1.82) is 0 Å². The minimum Gasteiger partial charge on any atom is -0.326 e. The van der Waals surface area contributed by atoms with Crippen LogP contribution < -0.4 is 10.6 Å². The fraction of sp³-hybridized carbons (Fsp3) is 0.320. The Kier molecular flexibility index (Phi) is 7.74. The van der Waals surface area contributed by atoms with E-state index < -0.39 is 0 Å². The number of amides is 2. The Bertz CT molecular complexity index is 1090. The molecular formula is C25H29N3O2S2. The molecule has 2 N–H and O–H groups in total. The molecule has 0 saturated carbocycles. The Hall–Kier alpha value is -2.64. The number of nitrogens with zero attached hydrogens (tertiary/aromatic N) is 1. The smallest absolute Gasteiger partial charge is 0.239 e. The average Bonchev–Trinajstić information content (AvgIpc) is 3.15. The molecule has 0 aliphatic carbocycles. The van der Waals surface area contributed by atoms with Crippen LogP contribution in [0.2, 0.25) is 0 Å². The maximum absolute atomic E-state index is 12.7. The number of nitrogens with one attached hydrogen (secondary N) is 2. The molecule has 3 rings (SSSR count). The third-order valence-corrected chi connectivity index (χ3v) is 6.42. The molecular weight excluding hydrogens is 438 g/mol. The highest BCUT2D eigenvalue weighted by molar-refractivity contribution is 8.00. The van der Waals surface area contributed by atoms with Crippen LogP contribution in [0, 0.1) is 12.3 Å². The lowest BCUT2D eigenvalue weighted by Gasteiger charge is -2.17. The van der Waals surface area contributed by atoms with Crippen molar-refractivity contribution in [1.82, 2.24) is 4.98 Å². The van der Waals surface area contributed by atoms with E-state index in [9.17, 15) is 9.59 Å². The molecule has 2 amide bonds. The van der Waals surface area contributed by atoms with E-state index in [1.54, 1.807) is 0 Å². The lowest BCUT2D eigenvalue weighted by molar-refractivity contribution is -0.118. The van der Waals surface area contributed by atoms with Gasteiger partial charge in [0.25, 0.3) is 0 Å². The molecule has 1 heterocycles. The number of thioether (sulfide) groups is 1. The molecule has 0 saturated heterocycles. The van der Waals surface area contributed by atoms with E-state index in [4.69, 9.17) is 0 Å². The molecule has 168 valence electrons. The highest BCUT2D eigenvalue weighted by atomic mass is 32.2. The van der Waals surface area contributed by atoms with Crippen LogP contribution in [0.4, 0.5) is 10.8 Å². The molecule has 1 atom stereocenters. The fourth-order valence-electron chi connectivity index (χ4n) is 2.99. The fourth-order valence-corrected chi connectivity index (χ4v) is 4.64. The zero-order chi connectivity index (χ0) is 23.3. The van der Waals surface area contributed by atoms with Gasteiger partial charge in [0, 0.05) is 27.9 Å². The van der Waals surface area contributed by atoms with Crippen molar-refractivity contribution in [3.05, 3.63) is 59.5 Å². The van der Waals surface area contributed by atoms with E-state index >= 15 is 0 Å². The van der Waals surface area contributed by atoms with Crippen molar-refractivity contribution in [2.24, 2.45) is 5.41 Å². The van der Waals surface area contributed by atoms with Crippen LogP contribution in [0.25, 0.3) is 11.3 Å². The van der Waals surface area contributed by atoms with Gasteiger partial charge in [-0.15, -0.1) is 23.1 Å². The van der Waals surface area contributed by atoms with Gasteiger partial charge >= 0.3 is 0 Å². The summed E-state index contributed by atoms with van der Waals surface area (Å²) in [6.07, 6.45) is 0.446. The zero-order valence-corrected chi connectivity index (χ0v) is 20.7. The summed E-state index contributed by atoms with van der Waals surface area (Å²) in [6.45, 7) is 10.0. The normalized spacial score (nSPS) is 12.3. The van der Waals surface area contributed by atoms with Crippen LogP contribution in [-0.2, 0) is 9.59 Å². The van der Waals surface area contributed by atoms with Gasteiger partial charge in [-0.1, -0.05) is 56.7 Å². The Morgan fingerprint density at radius 3 is 2.50 bits per heavy atom. The number of anilines is 2. The first kappa shape index (κ1) is 24.0. The minimum atomic E-state index is -0.317. The number of benzene rings is 2. The maximum atomic E-state index is 12.7. The zero-order valence-electron chi connectivity index (χ0n) is 19.1. The van der Waals surface area contributed by atoms with Gasteiger partial charge in [0.1, 0.15) is 0 Å². The number of rotatable bonds is 7. The minimum absolute atomic E-state index is 0.0152. The number of aryl methyl sites for hydroxylation is 1. The van der Waals surface area contributed by atoms with Gasteiger partial charge in [-0.25, -0.2) is 4.98 Å². The standard InChI is InChI=1S/C25H29N3O2S2/c1-16-9-11-18(12-10-16)21-15-31-24(27-21)28-23(30)17(2)32-20-8-6-7-19(13-20)26-22(29)14-25(3,4)5/h6-13,15,17H,14H2,1-5H3,(H,26,29)(H,27,28,30). The number of carbonyl (C=O) groups is 2. The molecule has 0 bridgehead atoms. The van der Waals surface area contributed by atoms with Crippen LogP contribution in [0.1, 0.15) is 39.7 Å². The molecule has 1 aromatic heterocycles. The number of carbonyl (C=O) groups excluding carboxylic acids is 2. The lowest BCUT2D eigenvalue weighted by Crippen LogP contribution is -2.22. The summed E-state index contributed by atoms with van der Waals surface area (Å²) < 4.78 is 0. The van der Waals surface area contributed by atoms with E-state index in [0.717, 1.165) is 21.8 Å². The van der Waals surface area contributed by atoms with E-state index in [-0.39, 0.29) is 22.5 Å². The van der Waals surface area contributed by atoms with Gasteiger partial charge in [0.15, 0.2) is 5.13 Å². The Morgan fingerprint density at radius 1 is 1.09 bits per heavy atom. The third kappa shape index (κ3) is 7.21. The number of thiazole rings is 1. The largest absolute Gasteiger partial charge is 0.326 e. The van der Waals surface area contributed by atoms with E-state index in [2.05, 4.69) is 15.6 Å². The van der Waals surface area contributed by atoms with Crippen molar-refractivity contribution in [3.63, 3.8) is 0 Å². The van der Waals surface area contributed by atoms with Crippen LogP contribution >= 0.6 is 23.1 Å². The molecule has 0 aliphatic rings. The summed E-state index contributed by atoms with van der Waals surface area (Å²) in [5.41, 5.74) is 3.74. The Morgan fingerprint density at radius 2 is 1.81 bits per heavy atom. The molecule has 3 aromatic rings. The summed E-state index contributed by atoms with van der Waals surface area (Å²) in [7, 11) is 0. The first-order valence-electron chi connectivity index (χ1n) is 10.5. The first-order chi connectivity index (χ1) is 15.1. The van der Waals surface area contributed by atoms with E-state index in [1.165, 1.54) is 28.7 Å². The third-order valence-electron chi connectivity index (χ3n) is 4.57. The van der Waals surface area contributed by atoms with Crippen molar-refractivity contribution < 1.29 is 9.59 Å². The summed E-state index contributed by atoms with van der Waals surface area (Å²) in [6, 6.07) is 15.7. The van der Waals surface area contributed by atoms with Gasteiger partial charge in [-0.05, 0) is 37.5 Å². The highest BCUT2D eigenvalue weighted by Gasteiger charge is 2.18. The van der Waals surface area contributed by atoms with Gasteiger partial charge in [0.2, 0.25) is 11.8 Å². The van der Waals surface area contributed by atoms with Gasteiger partial charge in [0.05, 0.1) is 10.9 Å². The molecule has 1 unspecified atom stereocenters. The predicted molar refractivity (Wildman–Crippen MR) is 135 cm³/mol. The van der Waals surface area contributed by atoms with Crippen LogP contribution in [0.5, 0.6) is 0 Å². The summed E-state index contributed by atoms with van der Waals surface area (Å²) in [5.74, 6) is -0.124. The summed E-state index contributed by atoms with van der Waals surface area (Å²) >= 11 is 2.86. The lowest BCUT2D eigenvalue weighted by atomic mass is 9.92. The van der Waals surface area contributed by atoms with Crippen LogP contribution in [-0.4, -0.2) is 22.0 Å². The molecule has 32 heavy (non-hydrogen) atoms. The van der Waals surface area contributed by atoms with Gasteiger partial charge in [-0.2, -0.15) is 0 Å². The number of aromatic nitrogens is 1. The number of hydrogen-bond donors (Lipinski definition) is 2. The predicted octanol–water partition coefficient (Wildman–Crippen LogP) is 6.61. The molecule has 2 aromatic carbocycles. The number of hydrogen-bond acceptors (Lipinski definition) is 5. The second-order valence-electron chi connectivity index (χ2n) is 8.97. The Labute approximate surface area is 198 Å². The van der Waals surface area contributed by atoms with Crippen LogP contribution in [0.15, 0.2) is 58.8 Å². The average molecular weight is 468 g/mol. The van der Waals surface area contributed by atoms with Crippen molar-refractivity contribution in [3.8, 4) is 11.3 Å². The quantitative estimate of drug-likeness (QED) is 0.383. The highest BCUT2D eigenvalue weighted by Crippen LogP contribution is 2.29. The monoisotopic (exact) mass is 467 g/mol. The van der Waals surface area contributed by atoms with Gasteiger partial charge < -0.3 is 10.6 Å². The summed E-state index contributed by atoms with van der Waals surface area (Å²) in [5, 5.41) is 8.07. The SMILES string of the molecule is Cc1ccc(-c2csc(NC(=O)C(C)Sc3cccc(NC(=O)CC(C)(C)C)c3)n2)cc1. The van der Waals surface area contributed by atoms with Crippen molar-refractivity contribution in [2.45, 2.75) is 51.2 Å². The summed E-state index contributed by atoms with van der Waals surface area (Å²) in [4.78, 5) is 30.4. The van der Waals surface area contributed by atoms with Crippen LogP contribution in [0.3, 0.4) is 0 Å². The molecule has 7 heteroatoms. The molecule has 5 nitrogen and oxygen atoms in total.